The number of para-hydroxylation sites is 1. The van der Waals surface area contributed by atoms with Crippen LogP contribution in [0, 0.1) is 13.8 Å². The summed E-state index contributed by atoms with van der Waals surface area (Å²) < 4.78 is 0. The average Bonchev–Trinajstić information content (AvgIpc) is 3.06. The number of nitrogens with zero attached hydrogens (tertiary/aromatic N) is 2. The first kappa shape index (κ1) is 18.5. The predicted molar refractivity (Wildman–Crippen MR) is 107 cm³/mol. The van der Waals surface area contributed by atoms with Crippen molar-refractivity contribution in [2.45, 2.75) is 32.3 Å². The number of rotatable bonds is 3. The Morgan fingerprint density at radius 1 is 1.18 bits per heavy atom. The number of anilines is 1. The van der Waals surface area contributed by atoms with Crippen LogP contribution in [0.4, 0.5) is 10.6 Å². The number of aromatic nitrogens is 2. The minimum Gasteiger partial charge on any atom is -0.385 e. The number of aryl methyl sites for hydroxylation is 2. The number of amides is 1. The number of hydrogen-bond acceptors (Lipinski definition) is 5. The molecule has 3 N–H and O–H groups in total. The molecule has 1 aromatic heterocycles. The molecule has 0 aliphatic carbocycles. The number of hydroxylamine groups is 2. The molecule has 2 heterocycles. The summed E-state index contributed by atoms with van der Waals surface area (Å²) in [6, 6.07) is 13.7. The van der Waals surface area contributed by atoms with Crippen LogP contribution in [-0.2, 0) is 10.4 Å². The third-order valence-electron chi connectivity index (χ3n) is 5.21. The molecule has 2 aromatic carbocycles. The highest BCUT2D eigenvalue weighted by Crippen LogP contribution is 2.34. The van der Waals surface area contributed by atoms with Crippen molar-refractivity contribution >= 4 is 22.8 Å². The molecule has 146 valence electrons. The lowest BCUT2D eigenvalue weighted by Gasteiger charge is -2.37. The Kier molecular flexibility index (Phi) is 4.78. The molecule has 0 bridgehead atoms. The number of hydrogen-bond donors (Lipinski definition) is 3. The lowest BCUT2D eigenvalue weighted by Crippen LogP contribution is -2.44. The van der Waals surface area contributed by atoms with Crippen LogP contribution in [-0.4, -0.2) is 39.5 Å². The van der Waals surface area contributed by atoms with Gasteiger partial charge >= 0.3 is 6.09 Å². The van der Waals surface area contributed by atoms with Gasteiger partial charge < -0.3 is 9.94 Å². The largest absolute Gasteiger partial charge is 0.432 e. The maximum absolute atomic E-state index is 12.3. The Balaban J connectivity index is 1.37. The van der Waals surface area contributed by atoms with Gasteiger partial charge in [0.2, 0.25) is 0 Å². The lowest BCUT2D eigenvalue weighted by atomic mass is 9.83. The number of carbonyl (C=O) groups is 1. The Morgan fingerprint density at radius 3 is 2.57 bits per heavy atom. The first-order valence-corrected chi connectivity index (χ1v) is 9.41. The Hall–Kier alpha value is -2.90. The molecule has 7 nitrogen and oxygen atoms in total. The molecule has 0 saturated carbocycles. The smallest absolute Gasteiger partial charge is 0.385 e. The van der Waals surface area contributed by atoms with Crippen molar-refractivity contribution < 1.29 is 14.7 Å². The highest BCUT2D eigenvalue weighted by molar-refractivity contribution is 5.96. The number of aliphatic hydroxyl groups is 1. The van der Waals surface area contributed by atoms with E-state index in [2.05, 4.69) is 21.6 Å². The van der Waals surface area contributed by atoms with Gasteiger partial charge in [-0.25, -0.2) is 4.79 Å². The Morgan fingerprint density at radius 2 is 1.86 bits per heavy atom. The van der Waals surface area contributed by atoms with E-state index in [9.17, 15) is 9.90 Å². The topological polar surface area (TPSA) is 90.5 Å². The maximum Gasteiger partial charge on any atom is 0.432 e. The predicted octanol–water partition coefficient (Wildman–Crippen LogP) is 3.63. The van der Waals surface area contributed by atoms with Crippen molar-refractivity contribution in [1.29, 1.82) is 0 Å². The van der Waals surface area contributed by atoms with E-state index >= 15 is 0 Å². The summed E-state index contributed by atoms with van der Waals surface area (Å²) in [4.78, 5) is 17.7. The maximum atomic E-state index is 12.3. The summed E-state index contributed by atoms with van der Waals surface area (Å²) in [6.45, 7) is 4.97. The van der Waals surface area contributed by atoms with E-state index < -0.39 is 11.7 Å². The fraction of sp³-hybridized carbons (Fsp3) is 0.333. The molecular weight excluding hydrogens is 356 g/mol. The van der Waals surface area contributed by atoms with E-state index in [1.165, 1.54) is 0 Å². The zero-order valence-electron chi connectivity index (χ0n) is 16.0. The van der Waals surface area contributed by atoms with Gasteiger partial charge in [0.05, 0.1) is 11.1 Å². The van der Waals surface area contributed by atoms with Crippen LogP contribution >= 0.6 is 0 Å². The van der Waals surface area contributed by atoms with Gasteiger partial charge in [0.25, 0.3) is 0 Å². The van der Waals surface area contributed by atoms with Gasteiger partial charge in [-0.05, 0) is 44.4 Å². The third kappa shape index (κ3) is 3.72. The van der Waals surface area contributed by atoms with Crippen LogP contribution in [0.5, 0.6) is 0 Å². The van der Waals surface area contributed by atoms with Crippen molar-refractivity contribution in [2.75, 3.05) is 18.4 Å². The first-order valence-electron chi connectivity index (χ1n) is 9.41. The first-order chi connectivity index (χ1) is 13.4. The highest BCUT2D eigenvalue weighted by Gasteiger charge is 2.35. The molecule has 7 heteroatoms. The minimum atomic E-state index is -0.897. The van der Waals surface area contributed by atoms with Gasteiger partial charge in [-0.2, -0.15) is 5.10 Å². The minimum absolute atomic E-state index is 0.435. The second kappa shape index (κ2) is 7.26. The van der Waals surface area contributed by atoms with Crippen molar-refractivity contribution in [1.82, 2.24) is 15.3 Å². The summed E-state index contributed by atoms with van der Waals surface area (Å²) in [5.74, 6) is 0.435. The van der Waals surface area contributed by atoms with Crippen molar-refractivity contribution in [2.24, 2.45) is 0 Å². The molecule has 3 aromatic rings. The number of benzene rings is 2. The fourth-order valence-corrected chi connectivity index (χ4v) is 3.77. The molecule has 0 atom stereocenters. The Labute approximate surface area is 163 Å². The average molecular weight is 380 g/mol. The summed E-state index contributed by atoms with van der Waals surface area (Å²) in [5.41, 5.74) is 3.14. The molecule has 1 aliphatic rings. The number of H-pyrrole nitrogens is 1. The van der Waals surface area contributed by atoms with Crippen molar-refractivity contribution in [3.63, 3.8) is 0 Å². The van der Waals surface area contributed by atoms with Crippen molar-refractivity contribution in [3.8, 4) is 0 Å². The summed E-state index contributed by atoms with van der Waals surface area (Å²) in [5, 5.41) is 23.1. The van der Waals surface area contributed by atoms with Crippen LogP contribution in [0.25, 0.3) is 10.9 Å². The molecule has 0 unspecified atom stereocenters. The number of piperidine rings is 1. The molecule has 1 fully saturated rings. The van der Waals surface area contributed by atoms with Crippen LogP contribution < -0.4 is 5.32 Å². The standard InChI is InChI=1S/C21H24N4O3/c1-14-11-15(2)13-16(12-14)21(27)7-9-25(10-8-21)28-20(26)22-19-17-5-3-4-6-18(17)23-24-19/h3-6,11-13,27H,7-10H2,1-2H3,(H2,22,23,24,26). The second-order valence-corrected chi connectivity index (χ2v) is 7.46. The van der Waals surface area contributed by atoms with Crippen LogP contribution in [0.15, 0.2) is 42.5 Å². The number of nitrogens with one attached hydrogen (secondary N) is 2. The molecule has 1 aliphatic heterocycles. The van der Waals surface area contributed by atoms with E-state index in [-0.39, 0.29) is 0 Å². The van der Waals surface area contributed by atoms with Crippen molar-refractivity contribution in [3.05, 3.63) is 59.2 Å². The molecular formula is C21H24N4O3. The van der Waals surface area contributed by atoms with E-state index in [0.717, 1.165) is 27.6 Å². The molecule has 4 rings (SSSR count). The van der Waals surface area contributed by atoms with E-state index in [4.69, 9.17) is 4.84 Å². The van der Waals surface area contributed by atoms with Gasteiger partial charge in [0, 0.05) is 18.5 Å². The zero-order valence-corrected chi connectivity index (χ0v) is 16.0. The summed E-state index contributed by atoms with van der Waals surface area (Å²) in [6.07, 6.45) is 0.400. The summed E-state index contributed by atoms with van der Waals surface area (Å²) in [7, 11) is 0. The second-order valence-electron chi connectivity index (χ2n) is 7.46. The third-order valence-corrected chi connectivity index (χ3v) is 5.21. The number of carbonyl (C=O) groups excluding carboxylic acids is 1. The van der Waals surface area contributed by atoms with Gasteiger partial charge in [-0.1, -0.05) is 41.5 Å². The quantitative estimate of drug-likeness (QED) is 0.646. The number of aromatic amines is 1. The molecule has 0 spiro atoms. The van der Waals surface area contributed by atoms with Gasteiger partial charge in [0.15, 0.2) is 5.82 Å². The summed E-state index contributed by atoms with van der Waals surface area (Å²) >= 11 is 0. The van der Waals surface area contributed by atoms with Gasteiger partial charge in [-0.15, -0.1) is 5.06 Å². The highest BCUT2D eigenvalue weighted by atomic mass is 16.7. The lowest BCUT2D eigenvalue weighted by molar-refractivity contribution is -0.148. The molecule has 1 amide bonds. The van der Waals surface area contributed by atoms with Gasteiger partial charge in [-0.3, -0.25) is 10.4 Å². The molecule has 0 radical (unpaired) electrons. The molecule has 28 heavy (non-hydrogen) atoms. The fourth-order valence-electron chi connectivity index (χ4n) is 3.77. The number of fused-ring (bicyclic) bond motifs is 1. The zero-order chi connectivity index (χ0) is 19.7. The van der Waals surface area contributed by atoms with E-state index in [0.29, 0.717) is 31.7 Å². The molecule has 1 saturated heterocycles. The van der Waals surface area contributed by atoms with Crippen LogP contribution in [0.1, 0.15) is 29.5 Å². The van der Waals surface area contributed by atoms with Crippen LogP contribution in [0.3, 0.4) is 0 Å². The van der Waals surface area contributed by atoms with Crippen LogP contribution in [0.2, 0.25) is 0 Å². The monoisotopic (exact) mass is 380 g/mol. The van der Waals surface area contributed by atoms with Gasteiger partial charge in [0.1, 0.15) is 0 Å². The Bertz CT molecular complexity index is 986. The SMILES string of the molecule is Cc1cc(C)cc(C2(O)CCN(OC(=O)Nc3n[nH]c4ccccc34)CC2)c1. The van der Waals surface area contributed by atoms with E-state index in [1.54, 1.807) is 5.06 Å². The van der Waals surface area contributed by atoms with E-state index in [1.807, 2.05) is 50.2 Å². The normalized spacial score (nSPS) is 16.8.